The molecule has 0 aromatic heterocycles. The Morgan fingerprint density at radius 2 is 1.63 bits per heavy atom. The second kappa shape index (κ2) is 10.9. The van der Waals surface area contributed by atoms with Gasteiger partial charge in [-0.05, 0) is 49.2 Å². The van der Waals surface area contributed by atoms with Gasteiger partial charge >= 0.3 is 0 Å². The summed E-state index contributed by atoms with van der Waals surface area (Å²) in [6.07, 6.45) is 0.723. The number of hydrogen-bond donors (Lipinski definition) is 2. The molecule has 0 saturated carbocycles. The van der Waals surface area contributed by atoms with Gasteiger partial charge in [0.25, 0.3) is 5.91 Å². The zero-order valence-electron chi connectivity index (χ0n) is 17.6. The minimum absolute atomic E-state index is 0.178. The average Bonchev–Trinajstić information content (AvgIpc) is 2.73. The summed E-state index contributed by atoms with van der Waals surface area (Å²) in [5, 5.41) is 5.51. The van der Waals surface area contributed by atoms with Crippen LogP contribution in [-0.4, -0.2) is 44.2 Å². The quantitative estimate of drug-likeness (QED) is 0.604. The molecule has 0 heterocycles. The molecule has 2 aromatic carbocycles. The lowest BCUT2D eigenvalue weighted by Gasteiger charge is -2.18. The molecule has 7 nitrogen and oxygen atoms in total. The Bertz CT molecular complexity index is 968. The van der Waals surface area contributed by atoms with E-state index in [-0.39, 0.29) is 23.1 Å². The highest BCUT2D eigenvalue weighted by Crippen LogP contribution is 2.17. The lowest BCUT2D eigenvalue weighted by atomic mass is 10.1. The van der Waals surface area contributed by atoms with Gasteiger partial charge in [-0.2, -0.15) is 4.31 Å². The lowest BCUT2D eigenvalue weighted by molar-refractivity contribution is -0.116. The van der Waals surface area contributed by atoms with Crippen LogP contribution in [0, 0.1) is 0 Å². The molecule has 0 spiro atoms. The number of amides is 2. The number of hydrogen-bond acceptors (Lipinski definition) is 4. The topological polar surface area (TPSA) is 95.6 Å². The van der Waals surface area contributed by atoms with E-state index in [1.165, 1.54) is 4.31 Å². The number of nitrogens with zero attached hydrogens (tertiary/aromatic N) is 1. The summed E-state index contributed by atoms with van der Waals surface area (Å²) in [5.41, 5.74) is 1.92. The van der Waals surface area contributed by atoms with Crippen LogP contribution in [-0.2, 0) is 21.2 Å². The van der Waals surface area contributed by atoms with Crippen molar-refractivity contribution < 1.29 is 18.0 Å². The largest absolute Gasteiger partial charge is 0.352 e. The smallest absolute Gasteiger partial charge is 0.251 e. The Labute approximate surface area is 178 Å². The third-order valence-corrected chi connectivity index (χ3v) is 6.72. The van der Waals surface area contributed by atoms with Crippen LogP contribution < -0.4 is 10.6 Å². The van der Waals surface area contributed by atoms with Crippen LogP contribution >= 0.6 is 0 Å². The third kappa shape index (κ3) is 6.14. The van der Waals surface area contributed by atoms with Crippen molar-refractivity contribution in [3.05, 3.63) is 59.7 Å². The van der Waals surface area contributed by atoms with Gasteiger partial charge in [0, 0.05) is 37.3 Å². The van der Waals surface area contributed by atoms with E-state index in [9.17, 15) is 18.0 Å². The van der Waals surface area contributed by atoms with Crippen LogP contribution in [0.4, 0.5) is 5.69 Å². The summed E-state index contributed by atoms with van der Waals surface area (Å²) in [6, 6.07) is 13.4. The van der Waals surface area contributed by atoms with Crippen molar-refractivity contribution in [1.82, 2.24) is 9.62 Å². The maximum atomic E-state index is 12.5. The summed E-state index contributed by atoms with van der Waals surface area (Å²) in [6.45, 7) is 6.82. The fourth-order valence-electron chi connectivity index (χ4n) is 3.02. The highest BCUT2D eigenvalue weighted by Gasteiger charge is 2.21. The van der Waals surface area contributed by atoms with E-state index in [4.69, 9.17) is 0 Å². The molecule has 30 heavy (non-hydrogen) atoms. The van der Waals surface area contributed by atoms with Gasteiger partial charge in [0.15, 0.2) is 0 Å². The summed E-state index contributed by atoms with van der Waals surface area (Å²) in [7, 11) is -3.48. The number of anilines is 1. The molecule has 0 fully saturated rings. The van der Waals surface area contributed by atoms with Crippen LogP contribution in [0.15, 0.2) is 53.4 Å². The molecule has 0 bridgehead atoms. The molecule has 0 saturated heterocycles. The van der Waals surface area contributed by atoms with E-state index in [0.29, 0.717) is 37.3 Å². The maximum Gasteiger partial charge on any atom is 0.251 e. The number of carbonyl (C=O) groups is 2. The van der Waals surface area contributed by atoms with Crippen molar-refractivity contribution in [3.8, 4) is 0 Å². The van der Waals surface area contributed by atoms with Gasteiger partial charge in [-0.1, -0.05) is 32.0 Å². The van der Waals surface area contributed by atoms with Crippen LogP contribution in [0.5, 0.6) is 0 Å². The van der Waals surface area contributed by atoms with Crippen molar-refractivity contribution in [2.75, 3.05) is 25.0 Å². The van der Waals surface area contributed by atoms with Crippen LogP contribution in [0.3, 0.4) is 0 Å². The average molecular weight is 432 g/mol. The molecule has 2 rings (SSSR count). The molecular formula is C22H29N3O4S. The highest BCUT2D eigenvalue weighted by molar-refractivity contribution is 7.89. The Morgan fingerprint density at radius 3 is 2.23 bits per heavy atom. The molecule has 2 aromatic rings. The first kappa shape index (κ1) is 23.6. The molecular weight excluding hydrogens is 402 g/mol. The van der Waals surface area contributed by atoms with Gasteiger partial charge < -0.3 is 10.6 Å². The van der Waals surface area contributed by atoms with Gasteiger partial charge in [-0.25, -0.2) is 8.42 Å². The van der Waals surface area contributed by atoms with E-state index in [2.05, 4.69) is 10.6 Å². The standard InChI is InChI=1S/C22H29N3O4S/c1-4-23-22(27)18-8-7-9-19(16-18)24-21(26)15-12-17-10-13-20(14-11-17)30(28,29)25(5-2)6-3/h7-11,13-14,16H,4-6,12,15H2,1-3H3,(H,23,27)(H,24,26). The molecule has 0 unspecified atom stereocenters. The molecule has 0 aliphatic rings. The summed E-state index contributed by atoms with van der Waals surface area (Å²) in [5.74, 6) is -0.365. The van der Waals surface area contributed by atoms with Gasteiger partial charge in [-0.15, -0.1) is 0 Å². The number of sulfonamides is 1. The molecule has 0 aliphatic heterocycles. The molecule has 0 atom stereocenters. The van der Waals surface area contributed by atoms with E-state index in [0.717, 1.165) is 5.56 Å². The molecule has 2 N–H and O–H groups in total. The Hall–Kier alpha value is -2.71. The minimum atomic E-state index is -3.48. The number of rotatable bonds is 10. The van der Waals surface area contributed by atoms with Crippen molar-refractivity contribution in [3.63, 3.8) is 0 Å². The fraction of sp³-hybridized carbons (Fsp3) is 0.364. The first-order chi connectivity index (χ1) is 14.3. The predicted molar refractivity (Wildman–Crippen MR) is 118 cm³/mol. The summed E-state index contributed by atoms with van der Waals surface area (Å²) >= 11 is 0. The zero-order valence-corrected chi connectivity index (χ0v) is 18.5. The lowest BCUT2D eigenvalue weighted by Crippen LogP contribution is -2.30. The van der Waals surface area contributed by atoms with Crippen molar-refractivity contribution in [2.45, 2.75) is 38.5 Å². The van der Waals surface area contributed by atoms with Gasteiger partial charge in [-0.3, -0.25) is 9.59 Å². The fourth-order valence-corrected chi connectivity index (χ4v) is 4.48. The molecule has 2 amide bonds. The zero-order chi connectivity index (χ0) is 22.1. The monoisotopic (exact) mass is 431 g/mol. The van der Waals surface area contributed by atoms with Crippen molar-refractivity contribution in [2.24, 2.45) is 0 Å². The minimum Gasteiger partial charge on any atom is -0.352 e. The predicted octanol–water partition coefficient (Wildman–Crippen LogP) is 3.04. The SMILES string of the molecule is CCNC(=O)c1cccc(NC(=O)CCc2ccc(S(=O)(=O)N(CC)CC)cc2)c1. The van der Waals surface area contributed by atoms with E-state index < -0.39 is 10.0 Å². The highest BCUT2D eigenvalue weighted by atomic mass is 32.2. The van der Waals surface area contributed by atoms with Crippen molar-refractivity contribution in [1.29, 1.82) is 0 Å². The third-order valence-electron chi connectivity index (χ3n) is 4.65. The van der Waals surface area contributed by atoms with E-state index in [1.54, 1.807) is 62.4 Å². The van der Waals surface area contributed by atoms with Crippen LogP contribution in [0.25, 0.3) is 0 Å². The van der Waals surface area contributed by atoms with Gasteiger partial charge in [0.05, 0.1) is 4.90 Å². The Morgan fingerprint density at radius 1 is 0.967 bits per heavy atom. The number of benzene rings is 2. The number of aryl methyl sites for hydroxylation is 1. The van der Waals surface area contributed by atoms with Crippen LogP contribution in [0.2, 0.25) is 0 Å². The molecule has 162 valence electrons. The first-order valence-corrected chi connectivity index (χ1v) is 11.5. The van der Waals surface area contributed by atoms with Crippen molar-refractivity contribution >= 4 is 27.5 Å². The summed E-state index contributed by atoms with van der Waals surface area (Å²) < 4.78 is 26.5. The second-order valence-electron chi connectivity index (χ2n) is 6.72. The van der Waals surface area contributed by atoms with E-state index in [1.807, 2.05) is 6.92 Å². The molecule has 0 aliphatic carbocycles. The Kier molecular flexibility index (Phi) is 8.56. The van der Waals surface area contributed by atoms with Gasteiger partial charge in [0.1, 0.15) is 0 Å². The van der Waals surface area contributed by atoms with Crippen LogP contribution in [0.1, 0.15) is 43.1 Å². The number of nitrogens with one attached hydrogen (secondary N) is 2. The van der Waals surface area contributed by atoms with E-state index >= 15 is 0 Å². The molecule has 8 heteroatoms. The Balaban J connectivity index is 1.96. The second-order valence-corrected chi connectivity index (χ2v) is 8.66. The maximum absolute atomic E-state index is 12.5. The normalized spacial score (nSPS) is 11.3. The molecule has 0 radical (unpaired) electrons. The first-order valence-electron chi connectivity index (χ1n) is 10.1. The summed E-state index contributed by atoms with van der Waals surface area (Å²) in [4.78, 5) is 24.4. The van der Waals surface area contributed by atoms with Gasteiger partial charge in [0.2, 0.25) is 15.9 Å². The number of carbonyl (C=O) groups excluding carboxylic acids is 2.